The molecule has 0 amide bonds. The number of nitrogens with zero attached hydrogens (tertiary/aromatic N) is 2. The summed E-state index contributed by atoms with van der Waals surface area (Å²) >= 11 is 0. The summed E-state index contributed by atoms with van der Waals surface area (Å²) in [5, 5.41) is 8.68. The van der Waals surface area contributed by atoms with Crippen molar-refractivity contribution >= 4 is 15.7 Å². The lowest BCUT2D eigenvalue weighted by atomic mass is 10.1. The second kappa shape index (κ2) is 4.91. The quantitative estimate of drug-likeness (QED) is 0.770. The predicted molar refractivity (Wildman–Crippen MR) is 72.0 cm³/mol. The summed E-state index contributed by atoms with van der Waals surface area (Å²) < 4.78 is 26.7. The number of benzene rings is 1. The van der Waals surface area contributed by atoms with Crippen LogP contribution >= 0.6 is 0 Å². The van der Waals surface area contributed by atoms with Crippen LogP contribution in [0.1, 0.15) is 38.8 Å². The topological polar surface area (TPSA) is 70.3 Å². The van der Waals surface area contributed by atoms with Gasteiger partial charge in [-0.2, -0.15) is 9.66 Å². The maximum Gasteiger partial charge on any atom is 0.258 e. The van der Waals surface area contributed by atoms with Gasteiger partial charge in [0.25, 0.3) is 10.0 Å². The molecule has 0 aromatic heterocycles. The molecule has 1 aromatic carbocycles. The molecule has 0 aliphatic heterocycles. The fourth-order valence-corrected chi connectivity index (χ4v) is 1.90. The van der Waals surface area contributed by atoms with Crippen LogP contribution in [-0.2, 0) is 10.0 Å². The fourth-order valence-electron chi connectivity index (χ4n) is 1.16. The van der Waals surface area contributed by atoms with E-state index in [9.17, 15) is 8.42 Å². The highest BCUT2D eigenvalue weighted by molar-refractivity contribution is 7.91. The second-order valence-corrected chi connectivity index (χ2v) is 7.31. The lowest BCUT2D eigenvalue weighted by Crippen LogP contribution is -2.26. The molecule has 0 unspecified atom stereocenters. The maximum atomic E-state index is 11.9. The zero-order chi connectivity index (χ0) is 14.0. The minimum absolute atomic E-state index is 0.425. The van der Waals surface area contributed by atoms with Crippen LogP contribution in [-0.4, -0.2) is 18.9 Å². The Hall–Kier alpha value is -1.67. The van der Waals surface area contributed by atoms with Crippen LogP contribution in [0.15, 0.2) is 28.7 Å². The number of hydrogen-bond acceptors (Lipinski definition) is 3. The van der Waals surface area contributed by atoms with Crippen molar-refractivity contribution in [3.8, 4) is 6.07 Å². The smallest absolute Gasteiger partial charge is 0.204 e. The van der Waals surface area contributed by atoms with Gasteiger partial charge in [0.1, 0.15) is 0 Å². The summed E-state index contributed by atoms with van der Waals surface area (Å²) in [5.74, 6) is 0. The molecule has 0 fully saturated rings. The van der Waals surface area contributed by atoms with E-state index in [0.29, 0.717) is 16.8 Å². The Morgan fingerprint density at radius 1 is 1.22 bits per heavy atom. The minimum Gasteiger partial charge on any atom is -0.204 e. The van der Waals surface area contributed by atoms with E-state index < -0.39 is 14.8 Å². The van der Waals surface area contributed by atoms with Gasteiger partial charge in [-0.05, 0) is 45.4 Å². The molecule has 5 heteroatoms. The molecule has 0 atom stereocenters. The molecule has 0 saturated heterocycles. The van der Waals surface area contributed by atoms with Crippen LogP contribution < -0.4 is 0 Å². The Morgan fingerprint density at radius 2 is 1.72 bits per heavy atom. The summed E-state index contributed by atoms with van der Waals surface area (Å²) in [6.07, 6.45) is 0. The SMILES string of the molecule is C/C(=N\S(=O)(=O)C(C)(C)C)c1ccc(C#N)cc1. The summed E-state index contributed by atoms with van der Waals surface area (Å²) in [4.78, 5) is 0. The van der Waals surface area contributed by atoms with Crippen LogP contribution in [0.3, 0.4) is 0 Å². The van der Waals surface area contributed by atoms with Crippen molar-refractivity contribution in [1.29, 1.82) is 5.26 Å². The fraction of sp³-hybridized carbons (Fsp3) is 0.385. The molecule has 1 aromatic rings. The molecule has 0 heterocycles. The molecule has 96 valence electrons. The number of sulfonamides is 1. The van der Waals surface area contributed by atoms with Gasteiger partial charge < -0.3 is 0 Å². The maximum absolute atomic E-state index is 11.9. The third kappa shape index (κ3) is 3.17. The van der Waals surface area contributed by atoms with E-state index in [-0.39, 0.29) is 0 Å². The van der Waals surface area contributed by atoms with E-state index in [1.165, 1.54) is 0 Å². The third-order valence-electron chi connectivity index (χ3n) is 2.46. The van der Waals surface area contributed by atoms with Crippen molar-refractivity contribution in [2.45, 2.75) is 32.4 Å². The number of hydrogen-bond donors (Lipinski definition) is 0. The first-order chi connectivity index (χ1) is 8.17. The van der Waals surface area contributed by atoms with E-state index in [1.54, 1.807) is 52.0 Å². The third-order valence-corrected chi connectivity index (χ3v) is 4.52. The van der Waals surface area contributed by atoms with Gasteiger partial charge in [0, 0.05) is 0 Å². The Balaban J connectivity index is 3.15. The lowest BCUT2D eigenvalue weighted by Gasteiger charge is -2.15. The van der Waals surface area contributed by atoms with Crippen LogP contribution in [0, 0.1) is 11.3 Å². The van der Waals surface area contributed by atoms with Gasteiger partial charge in [-0.15, -0.1) is 0 Å². The van der Waals surface area contributed by atoms with Crippen molar-refractivity contribution in [2.75, 3.05) is 0 Å². The zero-order valence-electron chi connectivity index (χ0n) is 10.9. The van der Waals surface area contributed by atoms with Gasteiger partial charge >= 0.3 is 0 Å². The summed E-state index contributed by atoms with van der Waals surface area (Å²) in [6.45, 7) is 6.47. The van der Waals surface area contributed by atoms with Crippen molar-refractivity contribution in [3.05, 3.63) is 35.4 Å². The largest absolute Gasteiger partial charge is 0.258 e. The highest BCUT2D eigenvalue weighted by atomic mass is 32.2. The van der Waals surface area contributed by atoms with Gasteiger partial charge in [0.05, 0.1) is 22.1 Å². The monoisotopic (exact) mass is 264 g/mol. The summed E-state index contributed by atoms with van der Waals surface area (Å²) in [7, 11) is -3.54. The van der Waals surface area contributed by atoms with E-state index in [1.807, 2.05) is 6.07 Å². The molecule has 0 bridgehead atoms. The first-order valence-electron chi connectivity index (χ1n) is 5.49. The first kappa shape index (κ1) is 14.4. The van der Waals surface area contributed by atoms with Gasteiger partial charge in [0.15, 0.2) is 0 Å². The summed E-state index contributed by atoms with van der Waals surface area (Å²) in [6, 6.07) is 8.66. The van der Waals surface area contributed by atoms with Crippen molar-refractivity contribution in [2.24, 2.45) is 4.40 Å². The molecule has 0 aliphatic rings. The summed E-state index contributed by atoms with van der Waals surface area (Å²) in [5.41, 5.74) is 1.65. The van der Waals surface area contributed by atoms with Crippen molar-refractivity contribution < 1.29 is 8.42 Å². The molecular formula is C13H16N2O2S. The Labute approximate surface area is 108 Å². The molecule has 0 spiro atoms. The second-order valence-electron chi connectivity index (χ2n) is 4.95. The van der Waals surface area contributed by atoms with E-state index in [2.05, 4.69) is 4.40 Å². The highest BCUT2D eigenvalue weighted by Crippen LogP contribution is 2.18. The van der Waals surface area contributed by atoms with Gasteiger partial charge in [-0.25, -0.2) is 8.42 Å². The van der Waals surface area contributed by atoms with E-state index in [0.717, 1.165) is 0 Å². The van der Waals surface area contributed by atoms with Crippen LogP contribution in [0.2, 0.25) is 0 Å². The van der Waals surface area contributed by atoms with Crippen LogP contribution in [0.25, 0.3) is 0 Å². The molecule has 0 N–H and O–H groups in total. The van der Waals surface area contributed by atoms with E-state index in [4.69, 9.17) is 5.26 Å². The van der Waals surface area contributed by atoms with Gasteiger partial charge in [0.2, 0.25) is 0 Å². The van der Waals surface area contributed by atoms with Crippen molar-refractivity contribution in [1.82, 2.24) is 0 Å². The molecule has 0 aliphatic carbocycles. The Morgan fingerprint density at radius 3 is 2.11 bits per heavy atom. The molecule has 0 radical (unpaired) electrons. The molecule has 1 rings (SSSR count). The Bertz CT molecular complexity index is 600. The minimum atomic E-state index is -3.54. The zero-order valence-corrected chi connectivity index (χ0v) is 11.7. The molecule has 0 saturated carbocycles. The molecule has 18 heavy (non-hydrogen) atoms. The average Bonchev–Trinajstić information content (AvgIpc) is 2.27. The van der Waals surface area contributed by atoms with Crippen LogP contribution in [0.4, 0.5) is 0 Å². The molecular weight excluding hydrogens is 248 g/mol. The molecule has 4 nitrogen and oxygen atoms in total. The van der Waals surface area contributed by atoms with Gasteiger partial charge in [-0.1, -0.05) is 12.1 Å². The lowest BCUT2D eigenvalue weighted by molar-refractivity contribution is 0.562. The Kier molecular flexibility index (Phi) is 3.92. The number of nitriles is 1. The highest BCUT2D eigenvalue weighted by Gasteiger charge is 2.28. The standard InChI is InChI=1S/C13H16N2O2S/c1-10(15-18(16,17)13(2,3)4)12-7-5-11(9-14)6-8-12/h5-8H,1-4H3/b15-10+. The number of rotatable bonds is 2. The van der Waals surface area contributed by atoms with Crippen LogP contribution in [0.5, 0.6) is 0 Å². The first-order valence-corrected chi connectivity index (χ1v) is 6.93. The van der Waals surface area contributed by atoms with Gasteiger partial charge in [-0.3, -0.25) is 0 Å². The van der Waals surface area contributed by atoms with Crippen molar-refractivity contribution in [3.63, 3.8) is 0 Å². The predicted octanol–water partition coefficient (Wildman–Crippen LogP) is 2.50. The average molecular weight is 264 g/mol. The van der Waals surface area contributed by atoms with E-state index >= 15 is 0 Å². The normalized spacial score (nSPS) is 13.2.